The molecule has 0 radical (unpaired) electrons. The Bertz CT molecular complexity index is 960. The minimum Gasteiger partial charge on any atom is -0.497 e. The number of esters is 1. The number of hydrogen-bond acceptors (Lipinski definition) is 6. The maximum absolute atomic E-state index is 12.6. The van der Waals surface area contributed by atoms with E-state index >= 15 is 0 Å². The first-order chi connectivity index (χ1) is 12.6. The van der Waals surface area contributed by atoms with Gasteiger partial charge in [0.05, 0.1) is 27.0 Å². The summed E-state index contributed by atoms with van der Waals surface area (Å²) in [5, 5.41) is 5.60. The van der Waals surface area contributed by atoms with Crippen molar-refractivity contribution in [1.29, 1.82) is 0 Å². The predicted molar refractivity (Wildman–Crippen MR) is 99.3 cm³/mol. The highest BCUT2D eigenvalue weighted by Gasteiger charge is 2.19. The maximum Gasteiger partial charge on any atom is 0.354 e. The standard InChI is InChI=1S/C18H18N2O5S/c1-23-12-4-5-15(24-2)13(9-12)19-16(21)10-20-14(18(22)25-3)8-11-6-7-26-17(11)20/h4-9H,10H2,1-3H3,(H,19,21). The zero-order valence-electron chi connectivity index (χ0n) is 14.6. The summed E-state index contributed by atoms with van der Waals surface area (Å²) in [5.74, 6) is 0.326. The first-order valence-corrected chi connectivity index (χ1v) is 8.62. The van der Waals surface area contributed by atoms with E-state index in [1.165, 1.54) is 25.6 Å². The number of nitrogens with zero attached hydrogens (tertiary/aromatic N) is 1. The van der Waals surface area contributed by atoms with Crippen molar-refractivity contribution < 1.29 is 23.8 Å². The summed E-state index contributed by atoms with van der Waals surface area (Å²) in [4.78, 5) is 25.5. The van der Waals surface area contributed by atoms with Gasteiger partial charge in [0, 0.05) is 11.5 Å². The molecule has 0 bridgehead atoms. The quantitative estimate of drug-likeness (QED) is 0.671. The highest BCUT2D eigenvalue weighted by molar-refractivity contribution is 7.16. The second-order valence-corrected chi connectivity index (χ2v) is 6.30. The van der Waals surface area contributed by atoms with Crippen LogP contribution in [0.3, 0.4) is 0 Å². The van der Waals surface area contributed by atoms with Gasteiger partial charge in [-0.15, -0.1) is 11.3 Å². The molecule has 1 amide bonds. The van der Waals surface area contributed by atoms with E-state index in [9.17, 15) is 9.59 Å². The molecule has 1 aromatic carbocycles. The number of fused-ring (bicyclic) bond motifs is 1. The Morgan fingerprint density at radius 2 is 1.92 bits per heavy atom. The van der Waals surface area contributed by atoms with E-state index in [1.54, 1.807) is 35.9 Å². The zero-order chi connectivity index (χ0) is 18.7. The Balaban J connectivity index is 1.88. The van der Waals surface area contributed by atoms with Crippen LogP contribution in [-0.4, -0.2) is 37.8 Å². The number of rotatable bonds is 6. The first-order valence-electron chi connectivity index (χ1n) is 7.74. The van der Waals surface area contributed by atoms with E-state index in [2.05, 4.69) is 5.32 Å². The van der Waals surface area contributed by atoms with Gasteiger partial charge in [0.15, 0.2) is 0 Å². The fourth-order valence-electron chi connectivity index (χ4n) is 2.65. The second-order valence-electron chi connectivity index (χ2n) is 5.40. The number of aromatic nitrogens is 1. The number of thiophene rings is 1. The Kier molecular flexibility index (Phi) is 5.13. The molecule has 0 aliphatic carbocycles. The molecule has 2 heterocycles. The fraction of sp³-hybridized carbons (Fsp3) is 0.222. The Morgan fingerprint density at radius 1 is 1.12 bits per heavy atom. The van der Waals surface area contributed by atoms with Crippen molar-refractivity contribution in [3.63, 3.8) is 0 Å². The molecule has 8 heteroatoms. The summed E-state index contributed by atoms with van der Waals surface area (Å²) < 4.78 is 16.9. The SMILES string of the molecule is COC(=O)c1cc2ccsc2n1CC(=O)Nc1cc(OC)ccc1OC. The largest absolute Gasteiger partial charge is 0.497 e. The van der Waals surface area contributed by atoms with Gasteiger partial charge in [0.25, 0.3) is 0 Å². The summed E-state index contributed by atoms with van der Waals surface area (Å²) >= 11 is 1.46. The molecule has 136 valence electrons. The Morgan fingerprint density at radius 3 is 2.62 bits per heavy atom. The van der Waals surface area contributed by atoms with Crippen LogP contribution in [0.1, 0.15) is 10.5 Å². The number of amides is 1. The average Bonchev–Trinajstić information content (AvgIpc) is 3.23. The van der Waals surface area contributed by atoms with Gasteiger partial charge in [-0.05, 0) is 29.6 Å². The van der Waals surface area contributed by atoms with Crippen LogP contribution in [0.25, 0.3) is 10.2 Å². The van der Waals surface area contributed by atoms with Crippen LogP contribution in [0, 0.1) is 0 Å². The van der Waals surface area contributed by atoms with Crippen molar-refractivity contribution >= 4 is 39.1 Å². The fourth-order valence-corrected chi connectivity index (χ4v) is 3.55. The summed E-state index contributed by atoms with van der Waals surface area (Å²) in [7, 11) is 4.38. The van der Waals surface area contributed by atoms with Gasteiger partial charge in [-0.2, -0.15) is 0 Å². The van der Waals surface area contributed by atoms with Crippen LogP contribution >= 0.6 is 11.3 Å². The first kappa shape index (κ1) is 17.8. The summed E-state index contributed by atoms with van der Waals surface area (Å²) in [6, 6.07) is 8.74. The normalized spacial score (nSPS) is 10.6. The number of hydrogen-bond donors (Lipinski definition) is 1. The third-order valence-corrected chi connectivity index (χ3v) is 4.83. The second kappa shape index (κ2) is 7.49. The molecule has 0 saturated heterocycles. The summed E-state index contributed by atoms with van der Waals surface area (Å²) in [5.41, 5.74) is 0.827. The molecule has 0 saturated carbocycles. The van der Waals surface area contributed by atoms with E-state index in [4.69, 9.17) is 14.2 Å². The number of benzene rings is 1. The van der Waals surface area contributed by atoms with Crippen LogP contribution in [0.5, 0.6) is 11.5 Å². The van der Waals surface area contributed by atoms with Crippen molar-refractivity contribution in [3.8, 4) is 11.5 Å². The molecule has 0 atom stereocenters. The number of carbonyl (C=O) groups excluding carboxylic acids is 2. The lowest BCUT2D eigenvalue weighted by Crippen LogP contribution is -2.21. The maximum atomic E-state index is 12.6. The molecule has 2 aromatic heterocycles. The van der Waals surface area contributed by atoms with Crippen LogP contribution < -0.4 is 14.8 Å². The number of ether oxygens (including phenoxy) is 3. The van der Waals surface area contributed by atoms with Crippen molar-refractivity contribution in [3.05, 3.63) is 41.4 Å². The van der Waals surface area contributed by atoms with E-state index in [1.807, 2.05) is 11.4 Å². The Hall–Kier alpha value is -3.00. The molecule has 3 rings (SSSR count). The van der Waals surface area contributed by atoms with Crippen LogP contribution in [0.2, 0.25) is 0 Å². The van der Waals surface area contributed by atoms with Gasteiger partial charge in [-0.1, -0.05) is 0 Å². The van der Waals surface area contributed by atoms with Gasteiger partial charge >= 0.3 is 5.97 Å². The van der Waals surface area contributed by atoms with Gasteiger partial charge in [0.2, 0.25) is 5.91 Å². The molecule has 1 N–H and O–H groups in total. The lowest BCUT2D eigenvalue weighted by molar-refractivity contribution is -0.116. The Labute approximate surface area is 154 Å². The van der Waals surface area contributed by atoms with Crippen LogP contribution in [0.15, 0.2) is 35.7 Å². The molecule has 0 aliphatic heterocycles. The number of nitrogens with one attached hydrogen (secondary N) is 1. The molecule has 0 unspecified atom stereocenters. The minimum atomic E-state index is -0.486. The van der Waals surface area contributed by atoms with E-state index in [0.717, 1.165) is 10.2 Å². The van der Waals surface area contributed by atoms with Crippen molar-refractivity contribution in [2.45, 2.75) is 6.54 Å². The highest BCUT2D eigenvalue weighted by Crippen LogP contribution is 2.30. The summed E-state index contributed by atoms with van der Waals surface area (Å²) in [6.07, 6.45) is 0. The lowest BCUT2D eigenvalue weighted by Gasteiger charge is -2.13. The van der Waals surface area contributed by atoms with Gasteiger partial charge < -0.3 is 24.1 Å². The predicted octanol–water partition coefficient (Wildman–Crippen LogP) is 3.15. The molecule has 0 spiro atoms. The van der Waals surface area contributed by atoms with E-state index in [0.29, 0.717) is 22.9 Å². The third kappa shape index (κ3) is 3.36. The van der Waals surface area contributed by atoms with E-state index in [-0.39, 0.29) is 12.5 Å². The number of methoxy groups -OCH3 is 3. The van der Waals surface area contributed by atoms with Crippen LogP contribution in [0.4, 0.5) is 5.69 Å². The minimum absolute atomic E-state index is 0.0329. The summed E-state index contributed by atoms with van der Waals surface area (Å²) in [6.45, 7) is -0.0329. The monoisotopic (exact) mass is 374 g/mol. The molecule has 0 aliphatic rings. The van der Waals surface area contributed by atoms with Gasteiger partial charge in [-0.3, -0.25) is 4.79 Å². The third-order valence-electron chi connectivity index (χ3n) is 3.88. The average molecular weight is 374 g/mol. The number of anilines is 1. The highest BCUT2D eigenvalue weighted by atomic mass is 32.1. The lowest BCUT2D eigenvalue weighted by atomic mass is 10.2. The van der Waals surface area contributed by atoms with Gasteiger partial charge in [-0.25, -0.2) is 4.79 Å². The zero-order valence-corrected chi connectivity index (χ0v) is 15.4. The van der Waals surface area contributed by atoms with Crippen molar-refractivity contribution in [2.24, 2.45) is 0 Å². The smallest absolute Gasteiger partial charge is 0.354 e. The molecule has 26 heavy (non-hydrogen) atoms. The molecular formula is C18H18N2O5S. The molecule has 3 aromatic rings. The van der Waals surface area contributed by atoms with E-state index < -0.39 is 5.97 Å². The van der Waals surface area contributed by atoms with Crippen molar-refractivity contribution in [2.75, 3.05) is 26.6 Å². The topological polar surface area (TPSA) is 78.8 Å². The van der Waals surface area contributed by atoms with Crippen molar-refractivity contribution in [1.82, 2.24) is 4.57 Å². The van der Waals surface area contributed by atoms with Gasteiger partial charge in [0.1, 0.15) is 28.6 Å². The van der Waals surface area contributed by atoms with Crippen LogP contribution in [-0.2, 0) is 16.1 Å². The molecule has 0 fully saturated rings. The number of carbonyl (C=O) groups is 2. The molecule has 7 nitrogen and oxygen atoms in total. The molecular weight excluding hydrogens is 356 g/mol.